The van der Waals surface area contributed by atoms with Crippen LogP contribution in [0.5, 0.6) is 0 Å². The summed E-state index contributed by atoms with van der Waals surface area (Å²) in [6.45, 7) is 0. The normalized spacial score (nSPS) is 10.0. The minimum atomic E-state index is -1.52. The lowest BCUT2D eigenvalue weighted by atomic mass is 10.1. The van der Waals surface area contributed by atoms with Gasteiger partial charge in [0.25, 0.3) is 11.6 Å². The average Bonchev–Trinajstić information content (AvgIpc) is 2.54. The highest BCUT2D eigenvalue weighted by Gasteiger charge is 2.21. The van der Waals surface area contributed by atoms with Crippen LogP contribution < -0.4 is 5.32 Å². The Labute approximate surface area is 134 Å². The Kier molecular flexibility index (Phi) is 4.55. The fraction of sp³-hybridized carbons (Fsp3) is 0. The van der Waals surface area contributed by atoms with Crippen LogP contribution in [-0.4, -0.2) is 33.0 Å². The molecule has 0 spiro atoms. The largest absolute Gasteiger partial charge is 0.478 e. The summed E-state index contributed by atoms with van der Waals surface area (Å²) >= 11 is 0. The van der Waals surface area contributed by atoms with Crippen LogP contribution >= 0.6 is 0 Å². The fourth-order valence-electron chi connectivity index (χ4n) is 2.01. The molecule has 0 fully saturated rings. The number of aromatic carboxylic acids is 2. The van der Waals surface area contributed by atoms with E-state index in [2.05, 4.69) is 5.32 Å². The highest BCUT2D eigenvalue weighted by Crippen LogP contribution is 2.23. The molecule has 122 valence electrons. The van der Waals surface area contributed by atoms with Gasteiger partial charge in [-0.3, -0.25) is 14.9 Å². The number of carbonyl (C=O) groups excluding carboxylic acids is 1. The van der Waals surface area contributed by atoms with E-state index in [1.54, 1.807) is 0 Å². The molecule has 0 aromatic heterocycles. The van der Waals surface area contributed by atoms with Crippen molar-refractivity contribution < 1.29 is 29.5 Å². The molecule has 0 aliphatic rings. The molecule has 0 bridgehead atoms. The number of benzene rings is 2. The van der Waals surface area contributed by atoms with Gasteiger partial charge in [0.2, 0.25) is 0 Å². The standard InChI is InChI=1S/C15H10N2O7/c18-13(9-3-1-2-4-10(9)14(19)20)16-8-5-6-12(17(23)24)11(7-8)15(21)22/h1-7H,(H,16,18)(H,19,20)(H,21,22). The third-order valence-electron chi connectivity index (χ3n) is 3.08. The van der Waals surface area contributed by atoms with Gasteiger partial charge in [-0.25, -0.2) is 9.59 Å². The van der Waals surface area contributed by atoms with Gasteiger partial charge in [0.05, 0.1) is 16.1 Å². The van der Waals surface area contributed by atoms with Gasteiger partial charge in [0, 0.05) is 11.8 Å². The Morgan fingerprint density at radius 2 is 1.50 bits per heavy atom. The van der Waals surface area contributed by atoms with Crippen LogP contribution in [0, 0.1) is 10.1 Å². The first-order valence-electron chi connectivity index (χ1n) is 6.46. The van der Waals surface area contributed by atoms with Crippen molar-refractivity contribution >= 4 is 29.2 Å². The Hall–Kier alpha value is -3.75. The van der Waals surface area contributed by atoms with Crippen molar-refractivity contribution in [2.24, 2.45) is 0 Å². The number of carboxylic acid groups (broad SMARTS) is 2. The molecule has 0 atom stereocenters. The van der Waals surface area contributed by atoms with E-state index in [0.29, 0.717) is 0 Å². The van der Waals surface area contributed by atoms with Gasteiger partial charge < -0.3 is 15.5 Å². The molecule has 0 aliphatic heterocycles. The molecular weight excluding hydrogens is 320 g/mol. The van der Waals surface area contributed by atoms with E-state index in [-0.39, 0.29) is 16.8 Å². The zero-order valence-corrected chi connectivity index (χ0v) is 11.9. The molecule has 2 aromatic carbocycles. The molecule has 0 unspecified atom stereocenters. The molecule has 24 heavy (non-hydrogen) atoms. The Balaban J connectivity index is 2.37. The maximum Gasteiger partial charge on any atom is 0.342 e. The van der Waals surface area contributed by atoms with Crippen molar-refractivity contribution in [3.63, 3.8) is 0 Å². The Morgan fingerprint density at radius 1 is 0.917 bits per heavy atom. The van der Waals surface area contributed by atoms with Crippen LogP contribution in [0.3, 0.4) is 0 Å². The van der Waals surface area contributed by atoms with Gasteiger partial charge in [-0.2, -0.15) is 0 Å². The van der Waals surface area contributed by atoms with Crippen molar-refractivity contribution in [3.8, 4) is 0 Å². The molecule has 3 N–H and O–H groups in total. The van der Waals surface area contributed by atoms with Gasteiger partial charge in [-0.15, -0.1) is 0 Å². The van der Waals surface area contributed by atoms with E-state index < -0.39 is 34.0 Å². The quantitative estimate of drug-likeness (QED) is 0.562. The second-order valence-electron chi connectivity index (χ2n) is 4.60. The maximum atomic E-state index is 12.2. The zero-order chi connectivity index (χ0) is 17.9. The third-order valence-corrected chi connectivity index (χ3v) is 3.08. The van der Waals surface area contributed by atoms with Gasteiger partial charge in [0.1, 0.15) is 5.56 Å². The van der Waals surface area contributed by atoms with E-state index in [1.807, 2.05) is 0 Å². The third kappa shape index (κ3) is 3.35. The summed E-state index contributed by atoms with van der Waals surface area (Å²) in [6, 6.07) is 8.50. The highest BCUT2D eigenvalue weighted by molar-refractivity contribution is 6.11. The molecule has 0 radical (unpaired) electrons. The van der Waals surface area contributed by atoms with Crippen molar-refractivity contribution in [1.82, 2.24) is 0 Å². The fourth-order valence-corrected chi connectivity index (χ4v) is 2.01. The summed E-state index contributed by atoms with van der Waals surface area (Å²) < 4.78 is 0. The van der Waals surface area contributed by atoms with Crippen LogP contribution in [0.1, 0.15) is 31.1 Å². The molecular formula is C15H10N2O7. The number of hydrogen-bond acceptors (Lipinski definition) is 5. The molecule has 9 heteroatoms. The summed E-state index contributed by atoms with van der Waals surface area (Å²) in [5.41, 5.74) is -1.57. The Morgan fingerprint density at radius 3 is 2.04 bits per heavy atom. The van der Waals surface area contributed by atoms with E-state index >= 15 is 0 Å². The lowest BCUT2D eigenvalue weighted by Crippen LogP contribution is -2.16. The van der Waals surface area contributed by atoms with E-state index in [4.69, 9.17) is 10.2 Å². The molecule has 0 heterocycles. The minimum absolute atomic E-state index is 0.0109. The van der Waals surface area contributed by atoms with Crippen LogP contribution in [0.4, 0.5) is 11.4 Å². The van der Waals surface area contributed by atoms with Gasteiger partial charge in [-0.05, 0) is 24.3 Å². The molecule has 2 aromatic rings. The number of nitro benzene ring substituents is 1. The molecule has 1 amide bonds. The topological polar surface area (TPSA) is 147 Å². The number of nitrogens with one attached hydrogen (secondary N) is 1. The number of rotatable bonds is 5. The van der Waals surface area contributed by atoms with Crippen molar-refractivity contribution in [2.45, 2.75) is 0 Å². The van der Waals surface area contributed by atoms with Gasteiger partial charge >= 0.3 is 11.9 Å². The maximum absolute atomic E-state index is 12.2. The second kappa shape index (κ2) is 6.57. The van der Waals surface area contributed by atoms with E-state index in [1.165, 1.54) is 24.3 Å². The van der Waals surface area contributed by atoms with Crippen LogP contribution in [-0.2, 0) is 0 Å². The lowest BCUT2D eigenvalue weighted by Gasteiger charge is -2.08. The Bertz CT molecular complexity index is 861. The first-order chi connectivity index (χ1) is 11.3. The highest BCUT2D eigenvalue weighted by atomic mass is 16.6. The smallest absolute Gasteiger partial charge is 0.342 e. The van der Waals surface area contributed by atoms with Gasteiger partial charge in [0.15, 0.2) is 0 Å². The number of nitro groups is 1. The number of anilines is 1. The van der Waals surface area contributed by atoms with Crippen molar-refractivity contribution in [2.75, 3.05) is 5.32 Å². The average molecular weight is 330 g/mol. The monoisotopic (exact) mass is 330 g/mol. The molecule has 2 rings (SSSR count). The van der Waals surface area contributed by atoms with Crippen molar-refractivity contribution in [1.29, 1.82) is 0 Å². The number of carbonyl (C=O) groups is 3. The first-order valence-corrected chi connectivity index (χ1v) is 6.46. The molecule has 0 saturated carbocycles. The summed E-state index contributed by atoms with van der Waals surface area (Å²) in [4.78, 5) is 44.3. The number of nitrogens with zero attached hydrogens (tertiary/aromatic N) is 1. The summed E-state index contributed by atoms with van der Waals surface area (Å²) in [5, 5.41) is 31.2. The zero-order valence-electron chi connectivity index (χ0n) is 11.9. The summed E-state index contributed by atoms with van der Waals surface area (Å²) in [7, 11) is 0. The summed E-state index contributed by atoms with van der Waals surface area (Å²) in [5.74, 6) is -3.60. The minimum Gasteiger partial charge on any atom is -0.478 e. The molecule has 9 nitrogen and oxygen atoms in total. The predicted octanol–water partition coefficient (Wildman–Crippen LogP) is 2.24. The SMILES string of the molecule is O=C(O)c1ccccc1C(=O)Nc1ccc([N+](=O)[O-])c(C(=O)O)c1. The van der Waals surface area contributed by atoms with Crippen molar-refractivity contribution in [3.05, 3.63) is 69.3 Å². The second-order valence-corrected chi connectivity index (χ2v) is 4.60. The van der Waals surface area contributed by atoms with Crippen LogP contribution in [0.15, 0.2) is 42.5 Å². The number of hydrogen-bond donors (Lipinski definition) is 3. The van der Waals surface area contributed by atoms with Crippen LogP contribution in [0.25, 0.3) is 0 Å². The predicted molar refractivity (Wildman–Crippen MR) is 81.4 cm³/mol. The molecule has 0 aliphatic carbocycles. The first kappa shape index (κ1) is 16.6. The number of carboxylic acids is 2. The van der Waals surface area contributed by atoms with Crippen LogP contribution in [0.2, 0.25) is 0 Å². The van der Waals surface area contributed by atoms with Gasteiger partial charge in [-0.1, -0.05) is 12.1 Å². The number of amides is 1. The van der Waals surface area contributed by atoms with E-state index in [0.717, 1.165) is 18.2 Å². The lowest BCUT2D eigenvalue weighted by molar-refractivity contribution is -0.385. The molecule has 0 saturated heterocycles. The summed E-state index contributed by atoms with van der Waals surface area (Å²) in [6.07, 6.45) is 0. The van der Waals surface area contributed by atoms with E-state index in [9.17, 15) is 24.5 Å².